The molecule has 0 unspecified atom stereocenters. The lowest BCUT2D eigenvalue weighted by Crippen LogP contribution is -1.77. The van der Waals surface area contributed by atoms with Crippen molar-refractivity contribution in [2.75, 3.05) is 0 Å². The van der Waals surface area contributed by atoms with Crippen molar-refractivity contribution < 1.29 is 9.50 Å². The number of halogens is 2. The molecule has 1 rings (SSSR count). The number of hydrogen-bond donors (Lipinski definition) is 1. The first-order chi connectivity index (χ1) is 4.20. The van der Waals surface area contributed by atoms with Gasteiger partial charge in [-0.1, -0.05) is 0 Å². The molecule has 0 saturated heterocycles. The summed E-state index contributed by atoms with van der Waals surface area (Å²) < 4.78 is 12.9. The third kappa shape index (κ3) is 1.54. The molecule has 1 N–H and O–H groups in total. The van der Waals surface area contributed by atoms with Gasteiger partial charge in [-0.15, -0.1) is 0 Å². The molecule has 0 amide bonds. The van der Waals surface area contributed by atoms with Gasteiger partial charge in [0.25, 0.3) is 0 Å². The van der Waals surface area contributed by atoms with Gasteiger partial charge in [0.1, 0.15) is 11.6 Å². The van der Waals surface area contributed by atoms with Crippen LogP contribution in [0.2, 0.25) is 0 Å². The SMILES string of the molecule is Oc1ccc(I)c(F)c1. The molecule has 0 aliphatic rings. The molecule has 0 atom stereocenters. The number of aromatic hydroxyl groups is 1. The topological polar surface area (TPSA) is 20.2 Å². The largest absolute Gasteiger partial charge is 0.508 e. The summed E-state index contributed by atoms with van der Waals surface area (Å²) in [7, 11) is 0. The van der Waals surface area contributed by atoms with Crippen molar-refractivity contribution in [2.45, 2.75) is 0 Å². The van der Waals surface area contributed by atoms with Crippen LogP contribution in [0.15, 0.2) is 18.2 Å². The molecule has 1 aromatic carbocycles. The van der Waals surface area contributed by atoms with Crippen LogP contribution in [-0.2, 0) is 0 Å². The lowest BCUT2D eigenvalue weighted by Gasteiger charge is -1.92. The molecule has 0 aromatic heterocycles. The Hall–Kier alpha value is -0.320. The number of benzene rings is 1. The van der Waals surface area contributed by atoms with Crippen molar-refractivity contribution in [2.24, 2.45) is 0 Å². The number of phenolic OH excluding ortho intramolecular Hbond substituents is 1. The van der Waals surface area contributed by atoms with E-state index in [1.165, 1.54) is 12.1 Å². The summed E-state index contributed by atoms with van der Waals surface area (Å²) in [5, 5.41) is 8.69. The first kappa shape index (κ1) is 6.80. The fourth-order valence-electron chi connectivity index (χ4n) is 0.485. The molecule has 1 aromatic rings. The second kappa shape index (κ2) is 2.51. The Balaban J connectivity index is 3.17. The minimum Gasteiger partial charge on any atom is -0.508 e. The Morgan fingerprint density at radius 3 is 2.56 bits per heavy atom. The van der Waals surface area contributed by atoms with Gasteiger partial charge in [0.05, 0.1) is 0 Å². The summed E-state index contributed by atoms with van der Waals surface area (Å²) in [5.74, 6) is -0.413. The van der Waals surface area contributed by atoms with Crippen molar-refractivity contribution in [3.63, 3.8) is 0 Å². The molecule has 0 aliphatic carbocycles. The molecule has 0 saturated carbocycles. The second-order valence-corrected chi connectivity index (χ2v) is 2.76. The van der Waals surface area contributed by atoms with E-state index in [4.69, 9.17) is 5.11 Å². The third-order valence-electron chi connectivity index (χ3n) is 0.903. The summed E-state index contributed by atoms with van der Waals surface area (Å²) in [5.41, 5.74) is 0. The van der Waals surface area contributed by atoms with E-state index in [0.717, 1.165) is 6.07 Å². The van der Waals surface area contributed by atoms with Gasteiger partial charge >= 0.3 is 0 Å². The molecule has 0 spiro atoms. The molecular formula is C6H4FIO. The Labute approximate surface area is 65.7 Å². The highest BCUT2D eigenvalue weighted by Crippen LogP contribution is 2.15. The van der Waals surface area contributed by atoms with Crippen LogP contribution >= 0.6 is 22.6 Å². The predicted molar refractivity (Wildman–Crippen MR) is 40.8 cm³/mol. The van der Waals surface area contributed by atoms with Crippen LogP contribution in [0.25, 0.3) is 0 Å². The van der Waals surface area contributed by atoms with Crippen molar-refractivity contribution in [3.05, 3.63) is 27.6 Å². The summed E-state index contributed by atoms with van der Waals surface area (Å²) in [6, 6.07) is 4.05. The van der Waals surface area contributed by atoms with Crippen molar-refractivity contribution in [3.8, 4) is 5.75 Å². The molecule has 48 valence electrons. The zero-order valence-electron chi connectivity index (χ0n) is 4.44. The lowest BCUT2D eigenvalue weighted by molar-refractivity contribution is 0.468. The zero-order chi connectivity index (χ0) is 6.85. The first-order valence-corrected chi connectivity index (χ1v) is 3.42. The highest BCUT2D eigenvalue weighted by atomic mass is 127. The van der Waals surface area contributed by atoms with Gasteiger partial charge in [0.15, 0.2) is 0 Å². The van der Waals surface area contributed by atoms with E-state index < -0.39 is 0 Å². The summed E-state index contributed by atoms with van der Waals surface area (Å²) >= 11 is 1.85. The molecule has 0 heterocycles. The van der Waals surface area contributed by atoms with Gasteiger partial charge in [0.2, 0.25) is 0 Å². The van der Waals surface area contributed by atoms with Gasteiger partial charge in [-0.3, -0.25) is 0 Å². The quantitative estimate of drug-likeness (QED) is 0.686. The number of phenols is 1. The molecule has 0 radical (unpaired) electrons. The van der Waals surface area contributed by atoms with Crippen molar-refractivity contribution in [1.82, 2.24) is 0 Å². The van der Waals surface area contributed by atoms with Gasteiger partial charge in [-0.2, -0.15) is 0 Å². The standard InChI is InChI=1S/C6H4FIO/c7-5-3-4(9)1-2-6(5)8/h1-3,9H. The van der Waals surface area contributed by atoms with Crippen LogP contribution in [0.4, 0.5) is 4.39 Å². The number of rotatable bonds is 0. The highest BCUT2D eigenvalue weighted by molar-refractivity contribution is 14.1. The number of hydrogen-bond acceptors (Lipinski definition) is 1. The van der Waals surface area contributed by atoms with Crippen LogP contribution in [-0.4, -0.2) is 5.11 Å². The minimum absolute atomic E-state index is 0.0343. The van der Waals surface area contributed by atoms with Crippen LogP contribution in [0.1, 0.15) is 0 Å². The highest BCUT2D eigenvalue weighted by Gasteiger charge is 1.96. The van der Waals surface area contributed by atoms with Crippen molar-refractivity contribution in [1.29, 1.82) is 0 Å². The summed E-state index contributed by atoms with van der Waals surface area (Å²) in [6.07, 6.45) is 0. The maximum Gasteiger partial charge on any atom is 0.140 e. The molecule has 1 nitrogen and oxygen atoms in total. The van der Waals surface area contributed by atoms with E-state index in [1.807, 2.05) is 22.6 Å². The Kier molecular flexibility index (Phi) is 1.90. The normalized spacial score (nSPS) is 9.56. The van der Waals surface area contributed by atoms with Gasteiger partial charge in [-0.05, 0) is 34.7 Å². The average molecular weight is 238 g/mol. The maximum absolute atomic E-state index is 12.4. The van der Waals surface area contributed by atoms with Gasteiger partial charge in [-0.25, -0.2) is 4.39 Å². The summed E-state index contributed by atoms with van der Waals surface area (Å²) in [4.78, 5) is 0. The minimum atomic E-state index is -0.379. The zero-order valence-corrected chi connectivity index (χ0v) is 6.59. The van der Waals surface area contributed by atoms with E-state index in [-0.39, 0.29) is 11.6 Å². The smallest absolute Gasteiger partial charge is 0.140 e. The van der Waals surface area contributed by atoms with Gasteiger partial charge in [0, 0.05) is 9.64 Å². The molecule has 0 fully saturated rings. The molecule has 3 heteroatoms. The van der Waals surface area contributed by atoms with Crippen LogP contribution in [0.3, 0.4) is 0 Å². The Bertz CT molecular complexity index is 224. The maximum atomic E-state index is 12.4. The van der Waals surface area contributed by atoms with Crippen molar-refractivity contribution >= 4 is 22.6 Å². The van der Waals surface area contributed by atoms with E-state index in [9.17, 15) is 4.39 Å². The Morgan fingerprint density at radius 2 is 2.11 bits per heavy atom. The van der Waals surface area contributed by atoms with Crippen LogP contribution in [0, 0.1) is 9.39 Å². The molecule has 0 aliphatic heterocycles. The van der Waals surface area contributed by atoms with Gasteiger partial charge < -0.3 is 5.11 Å². The van der Waals surface area contributed by atoms with E-state index in [1.54, 1.807) is 0 Å². The van der Waals surface area contributed by atoms with Crippen LogP contribution in [0.5, 0.6) is 5.75 Å². The van der Waals surface area contributed by atoms with E-state index in [0.29, 0.717) is 3.57 Å². The van der Waals surface area contributed by atoms with E-state index in [2.05, 4.69) is 0 Å². The predicted octanol–water partition coefficient (Wildman–Crippen LogP) is 2.14. The molecule has 0 bridgehead atoms. The van der Waals surface area contributed by atoms with E-state index >= 15 is 0 Å². The molecular weight excluding hydrogens is 234 g/mol. The van der Waals surface area contributed by atoms with Crippen LogP contribution < -0.4 is 0 Å². The average Bonchev–Trinajstić information content (AvgIpc) is 1.80. The fourth-order valence-corrected chi connectivity index (χ4v) is 0.821. The summed E-state index contributed by atoms with van der Waals surface area (Å²) in [6.45, 7) is 0. The monoisotopic (exact) mass is 238 g/mol. The lowest BCUT2D eigenvalue weighted by atomic mass is 10.3. The Morgan fingerprint density at radius 1 is 1.44 bits per heavy atom. The first-order valence-electron chi connectivity index (χ1n) is 2.34. The fraction of sp³-hybridized carbons (Fsp3) is 0. The second-order valence-electron chi connectivity index (χ2n) is 1.60. The molecule has 9 heavy (non-hydrogen) atoms. The third-order valence-corrected chi connectivity index (χ3v) is 1.78.